The van der Waals surface area contributed by atoms with Crippen molar-refractivity contribution in [1.29, 1.82) is 0 Å². The highest BCUT2D eigenvalue weighted by Gasteiger charge is 2.41. The number of hydrogen-bond acceptors (Lipinski definition) is 5. The lowest BCUT2D eigenvalue weighted by molar-refractivity contribution is -0.144. The molecule has 1 saturated heterocycles. The highest BCUT2D eigenvalue weighted by atomic mass is 19.4. The van der Waals surface area contributed by atoms with Crippen LogP contribution in [0.2, 0.25) is 0 Å². The maximum absolute atomic E-state index is 16.7. The van der Waals surface area contributed by atoms with Gasteiger partial charge >= 0.3 is 18.3 Å². The normalized spacial score (nSPS) is 15.3. The highest BCUT2D eigenvalue weighted by molar-refractivity contribution is 5.82. The minimum absolute atomic E-state index is 0.0419. The smallest absolute Gasteiger partial charge is 0.419 e. The molecule has 1 aliphatic heterocycles. The summed E-state index contributed by atoms with van der Waals surface area (Å²) in [6.07, 6.45) is -10.6. The van der Waals surface area contributed by atoms with Crippen molar-refractivity contribution in [3.05, 3.63) is 91.4 Å². The second-order valence-electron chi connectivity index (χ2n) is 14.6. The van der Waals surface area contributed by atoms with Crippen LogP contribution in [0.15, 0.2) is 35.3 Å². The standard InChI is InChI=1S/C39H45F8N3O4/c1-8-54-32(52)16-29(34-35(40)26(14-28(36(34)41)39(45,46)47)33-23(6)12-21(4)13-24(33)7)48-37(53)30(11-20(2)3)50-19-25(9-10-49-17-22(5)18-49)27(15-31(50)51)38(42,43)44/h12-15,19-20,22,29-30H,8-11,16-18H2,1-7H3,(H,48,53)/t29-,30?/m0/s1. The number of likely N-dealkylation sites (tertiary alicyclic amines) is 1. The molecule has 1 N–H and O–H groups in total. The Morgan fingerprint density at radius 1 is 0.926 bits per heavy atom. The lowest BCUT2D eigenvalue weighted by Gasteiger charge is -2.37. The van der Waals surface area contributed by atoms with Gasteiger partial charge in [0.15, 0.2) is 0 Å². The average Bonchev–Trinajstić information content (AvgIpc) is 3.01. The first-order valence-corrected chi connectivity index (χ1v) is 17.7. The number of nitrogens with zero attached hydrogens (tertiary/aromatic N) is 2. The zero-order chi connectivity index (χ0) is 40.4. The predicted molar refractivity (Wildman–Crippen MR) is 187 cm³/mol. The minimum atomic E-state index is -5.34. The van der Waals surface area contributed by atoms with Crippen molar-refractivity contribution >= 4 is 11.9 Å². The van der Waals surface area contributed by atoms with Crippen molar-refractivity contribution < 1.29 is 49.4 Å². The minimum Gasteiger partial charge on any atom is -0.466 e. The van der Waals surface area contributed by atoms with Crippen LogP contribution in [0.5, 0.6) is 0 Å². The van der Waals surface area contributed by atoms with Crippen molar-refractivity contribution in [3.63, 3.8) is 0 Å². The van der Waals surface area contributed by atoms with E-state index in [4.69, 9.17) is 4.74 Å². The van der Waals surface area contributed by atoms with E-state index in [0.29, 0.717) is 42.3 Å². The molecule has 0 saturated carbocycles. The number of esters is 1. The third-order valence-electron chi connectivity index (χ3n) is 9.47. The zero-order valence-corrected chi connectivity index (χ0v) is 31.2. The summed E-state index contributed by atoms with van der Waals surface area (Å²) in [5, 5.41) is 2.29. The molecule has 0 bridgehead atoms. The summed E-state index contributed by atoms with van der Waals surface area (Å²) in [6, 6.07) is 0.240. The molecule has 2 aromatic carbocycles. The molecule has 7 nitrogen and oxygen atoms in total. The van der Waals surface area contributed by atoms with Crippen LogP contribution in [0.1, 0.15) is 91.6 Å². The van der Waals surface area contributed by atoms with Gasteiger partial charge in [-0.3, -0.25) is 14.4 Å². The van der Waals surface area contributed by atoms with Gasteiger partial charge in [-0.05, 0) is 80.7 Å². The van der Waals surface area contributed by atoms with E-state index < -0.39 is 82.2 Å². The number of alkyl halides is 6. The Kier molecular flexibility index (Phi) is 13.1. The summed E-state index contributed by atoms with van der Waals surface area (Å²) in [5.74, 6) is -5.84. The fourth-order valence-electron chi connectivity index (χ4n) is 7.22. The fraction of sp³-hybridized carbons (Fsp3) is 0.513. The highest BCUT2D eigenvalue weighted by Crippen LogP contribution is 2.42. The van der Waals surface area contributed by atoms with Crippen LogP contribution in [0.25, 0.3) is 11.1 Å². The summed E-state index contributed by atoms with van der Waals surface area (Å²) in [5.41, 5.74) is -4.87. The zero-order valence-electron chi connectivity index (χ0n) is 31.2. The number of aromatic nitrogens is 1. The number of aryl methyl sites for hydroxylation is 3. The molecule has 0 spiro atoms. The van der Waals surface area contributed by atoms with Gasteiger partial charge in [-0.2, -0.15) is 26.3 Å². The number of carbonyl (C=O) groups is 2. The molecule has 2 heterocycles. The van der Waals surface area contributed by atoms with Crippen LogP contribution in [0.4, 0.5) is 35.1 Å². The molecule has 1 unspecified atom stereocenters. The molecule has 1 aromatic heterocycles. The van der Waals surface area contributed by atoms with Gasteiger partial charge in [0.25, 0.3) is 5.56 Å². The van der Waals surface area contributed by atoms with E-state index in [0.717, 1.165) is 16.3 Å². The lowest BCUT2D eigenvalue weighted by atomic mass is 9.88. The summed E-state index contributed by atoms with van der Waals surface area (Å²) < 4.78 is 124. The topological polar surface area (TPSA) is 80.6 Å². The van der Waals surface area contributed by atoms with Gasteiger partial charge < -0.3 is 19.5 Å². The molecule has 0 aliphatic carbocycles. The van der Waals surface area contributed by atoms with Crippen LogP contribution in [0.3, 0.4) is 0 Å². The van der Waals surface area contributed by atoms with E-state index in [9.17, 15) is 40.7 Å². The van der Waals surface area contributed by atoms with Crippen molar-refractivity contribution in [2.45, 2.75) is 92.2 Å². The van der Waals surface area contributed by atoms with Crippen molar-refractivity contribution in [1.82, 2.24) is 14.8 Å². The van der Waals surface area contributed by atoms with E-state index in [2.05, 4.69) is 5.32 Å². The largest absolute Gasteiger partial charge is 0.466 e. The number of carbonyl (C=O) groups excluding carboxylic acids is 2. The van der Waals surface area contributed by atoms with Crippen molar-refractivity contribution in [2.24, 2.45) is 11.8 Å². The summed E-state index contributed by atoms with van der Waals surface area (Å²) >= 11 is 0. The number of benzene rings is 2. The molecule has 2 atom stereocenters. The van der Waals surface area contributed by atoms with Gasteiger partial charge in [0, 0.05) is 43.0 Å². The van der Waals surface area contributed by atoms with Crippen molar-refractivity contribution in [2.75, 3.05) is 26.2 Å². The summed E-state index contributed by atoms with van der Waals surface area (Å²) in [6.45, 7) is 12.9. The van der Waals surface area contributed by atoms with Crippen LogP contribution < -0.4 is 10.9 Å². The van der Waals surface area contributed by atoms with Gasteiger partial charge in [0.2, 0.25) is 5.91 Å². The van der Waals surface area contributed by atoms with E-state index in [1.807, 2.05) is 11.8 Å². The predicted octanol–water partition coefficient (Wildman–Crippen LogP) is 8.65. The van der Waals surface area contributed by atoms with Gasteiger partial charge in [0.1, 0.15) is 17.7 Å². The van der Waals surface area contributed by atoms with Crippen LogP contribution >= 0.6 is 0 Å². The Balaban J connectivity index is 1.90. The maximum Gasteiger partial charge on any atom is 0.419 e. The number of amides is 1. The van der Waals surface area contributed by atoms with Gasteiger partial charge in [0.05, 0.1) is 30.2 Å². The SMILES string of the molecule is CCOC(=O)C[C@H](NC(=O)C(CC(C)C)n1cc(CCN2CC(C)C2)c(C(F)(F)F)cc1=O)c1c(F)c(-c2c(C)cc(C)cc2C)cc(C(F)(F)F)c1F. The second kappa shape index (κ2) is 16.6. The number of halogens is 8. The lowest BCUT2D eigenvalue weighted by Crippen LogP contribution is -2.46. The first-order valence-electron chi connectivity index (χ1n) is 17.7. The van der Waals surface area contributed by atoms with Gasteiger partial charge in [-0.1, -0.05) is 38.5 Å². The van der Waals surface area contributed by atoms with Gasteiger partial charge in [-0.15, -0.1) is 0 Å². The third kappa shape index (κ3) is 9.69. The monoisotopic (exact) mass is 771 g/mol. The van der Waals surface area contributed by atoms with E-state index in [1.165, 1.54) is 6.92 Å². The van der Waals surface area contributed by atoms with E-state index in [-0.39, 0.29) is 43.0 Å². The van der Waals surface area contributed by atoms with E-state index >= 15 is 8.78 Å². The molecule has 15 heteroatoms. The number of hydrogen-bond donors (Lipinski definition) is 1. The third-order valence-corrected chi connectivity index (χ3v) is 9.47. The van der Waals surface area contributed by atoms with Crippen molar-refractivity contribution in [3.8, 4) is 11.1 Å². The second-order valence-corrected chi connectivity index (χ2v) is 14.6. The number of nitrogens with one attached hydrogen (secondary N) is 1. The molecule has 54 heavy (non-hydrogen) atoms. The number of pyridine rings is 1. The molecule has 1 fully saturated rings. The van der Waals surface area contributed by atoms with Crippen LogP contribution in [0, 0.1) is 44.2 Å². The van der Waals surface area contributed by atoms with Crippen LogP contribution in [-0.4, -0.2) is 47.6 Å². The van der Waals surface area contributed by atoms with E-state index in [1.54, 1.807) is 46.8 Å². The van der Waals surface area contributed by atoms with Gasteiger partial charge in [-0.25, -0.2) is 8.78 Å². The summed E-state index contributed by atoms with van der Waals surface area (Å²) in [4.78, 5) is 42.3. The Labute approximate surface area is 308 Å². The fourth-order valence-corrected chi connectivity index (χ4v) is 7.22. The Bertz CT molecular complexity index is 1910. The molecule has 1 amide bonds. The molecular formula is C39H45F8N3O4. The first kappa shape index (κ1) is 42.5. The molecular weight excluding hydrogens is 726 g/mol. The molecule has 1 aliphatic rings. The number of rotatable bonds is 13. The summed E-state index contributed by atoms with van der Waals surface area (Å²) in [7, 11) is 0. The molecule has 0 radical (unpaired) electrons. The first-order chi connectivity index (χ1) is 25.0. The Morgan fingerprint density at radius 3 is 2.04 bits per heavy atom. The number of ether oxygens (including phenoxy) is 1. The average molecular weight is 772 g/mol. The Hall–Kier alpha value is -4.27. The quantitative estimate of drug-likeness (QED) is 0.139. The Morgan fingerprint density at radius 2 is 1.52 bits per heavy atom. The molecule has 3 aromatic rings. The molecule has 296 valence electrons. The molecule has 4 rings (SSSR count). The maximum atomic E-state index is 16.7. The van der Waals surface area contributed by atoms with Crippen LogP contribution in [-0.2, 0) is 33.1 Å².